The van der Waals surface area contributed by atoms with E-state index >= 15 is 0 Å². The Morgan fingerprint density at radius 1 is 1.05 bits per heavy atom. The van der Waals surface area contributed by atoms with Gasteiger partial charge in [0.1, 0.15) is 11.6 Å². The molecule has 22 heavy (non-hydrogen) atoms. The molecule has 0 saturated heterocycles. The van der Waals surface area contributed by atoms with Gasteiger partial charge in [0.25, 0.3) is 0 Å². The molecule has 0 fully saturated rings. The SMILES string of the molecule is Cn1nc(-c2ccc(C#N)cc2)cc1-c1ccc(F)cc1F. The Balaban J connectivity index is 2.05. The van der Waals surface area contributed by atoms with Gasteiger partial charge in [-0.15, -0.1) is 0 Å². The lowest BCUT2D eigenvalue weighted by Gasteiger charge is -2.03. The normalized spacial score (nSPS) is 10.5. The molecule has 5 heteroatoms. The topological polar surface area (TPSA) is 41.6 Å². The van der Waals surface area contributed by atoms with E-state index in [1.165, 1.54) is 12.1 Å². The highest BCUT2D eigenvalue weighted by atomic mass is 19.1. The molecule has 0 aliphatic rings. The van der Waals surface area contributed by atoms with Crippen molar-refractivity contribution >= 4 is 0 Å². The maximum Gasteiger partial charge on any atom is 0.135 e. The van der Waals surface area contributed by atoms with Gasteiger partial charge in [0.2, 0.25) is 0 Å². The molecule has 1 heterocycles. The van der Waals surface area contributed by atoms with E-state index in [0.29, 0.717) is 17.0 Å². The average molecular weight is 295 g/mol. The molecule has 0 aliphatic carbocycles. The zero-order chi connectivity index (χ0) is 15.7. The lowest BCUT2D eigenvalue weighted by Crippen LogP contribution is -1.96. The number of benzene rings is 2. The first-order valence-electron chi connectivity index (χ1n) is 6.58. The van der Waals surface area contributed by atoms with Gasteiger partial charge in [0.15, 0.2) is 0 Å². The van der Waals surface area contributed by atoms with E-state index < -0.39 is 11.6 Å². The Hall–Kier alpha value is -3.00. The highest BCUT2D eigenvalue weighted by Gasteiger charge is 2.13. The maximum absolute atomic E-state index is 13.9. The fourth-order valence-electron chi connectivity index (χ4n) is 2.27. The summed E-state index contributed by atoms with van der Waals surface area (Å²) in [4.78, 5) is 0. The first kappa shape index (κ1) is 14.0. The molecular formula is C17H11F2N3. The van der Waals surface area contributed by atoms with E-state index in [2.05, 4.69) is 11.2 Å². The van der Waals surface area contributed by atoms with E-state index in [4.69, 9.17) is 5.26 Å². The highest BCUT2D eigenvalue weighted by Crippen LogP contribution is 2.28. The first-order valence-corrected chi connectivity index (χ1v) is 6.58. The molecule has 0 aliphatic heterocycles. The molecule has 1 aromatic heterocycles. The van der Waals surface area contributed by atoms with Crippen LogP contribution in [0, 0.1) is 23.0 Å². The number of hydrogen-bond acceptors (Lipinski definition) is 2. The second-order valence-electron chi connectivity index (χ2n) is 4.85. The third kappa shape index (κ3) is 2.47. The van der Waals surface area contributed by atoms with Crippen LogP contribution in [0.4, 0.5) is 8.78 Å². The highest BCUT2D eigenvalue weighted by molar-refractivity contribution is 5.69. The third-order valence-electron chi connectivity index (χ3n) is 3.40. The van der Waals surface area contributed by atoms with Crippen molar-refractivity contribution in [3.63, 3.8) is 0 Å². The summed E-state index contributed by atoms with van der Waals surface area (Å²) in [5.74, 6) is -1.25. The molecule has 108 valence electrons. The molecule has 0 radical (unpaired) electrons. The molecule has 0 spiro atoms. The molecule has 0 atom stereocenters. The minimum absolute atomic E-state index is 0.288. The molecule has 3 nitrogen and oxygen atoms in total. The van der Waals surface area contributed by atoms with Crippen molar-refractivity contribution in [3.8, 4) is 28.6 Å². The van der Waals surface area contributed by atoms with Gasteiger partial charge in [-0.05, 0) is 30.3 Å². The van der Waals surface area contributed by atoms with Gasteiger partial charge in [-0.3, -0.25) is 4.68 Å². The number of nitriles is 1. The van der Waals surface area contributed by atoms with Crippen molar-refractivity contribution in [2.75, 3.05) is 0 Å². The number of halogens is 2. The van der Waals surface area contributed by atoms with Gasteiger partial charge in [0.05, 0.1) is 23.0 Å². The molecule has 0 saturated carbocycles. The van der Waals surface area contributed by atoms with Gasteiger partial charge in [0, 0.05) is 24.2 Å². The summed E-state index contributed by atoms with van der Waals surface area (Å²) < 4.78 is 28.5. The smallest absolute Gasteiger partial charge is 0.135 e. The van der Waals surface area contributed by atoms with Crippen LogP contribution in [0.2, 0.25) is 0 Å². The zero-order valence-corrected chi connectivity index (χ0v) is 11.7. The van der Waals surface area contributed by atoms with Gasteiger partial charge >= 0.3 is 0 Å². The van der Waals surface area contributed by atoms with Crippen molar-refractivity contribution in [2.24, 2.45) is 7.05 Å². The fourth-order valence-corrected chi connectivity index (χ4v) is 2.27. The van der Waals surface area contributed by atoms with Crippen molar-refractivity contribution in [1.82, 2.24) is 9.78 Å². The van der Waals surface area contributed by atoms with Crippen LogP contribution in [-0.2, 0) is 7.05 Å². The van der Waals surface area contributed by atoms with Crippen LogP contribution in [0.5, 0.6) is 0 Å². The lowest BCUT2D eigenvalue weighted by atomic mass is 10.1. The average Bonchev–Trinajstić information content (AvgIpc) is 2.89. The van der Waals surface area contributed by atoms with E-state index in [-0.39, 0.29) is 5.56 Å². The number of hydrogen-bond donors (Lipinski definition) is 0. The third-order valence-corrected chi connectivity index (χ3v) is 3.40. The van der Waals surface area contributed by atoms with Crippen LogP contribution in [0.3, 0.4) is 0 Å². The van der Waals surface area contributed by atoms with Crippen molar-refractivity contribution in [1.29, 1.82) is 5.26 Å². The summed E-state index contributed by atoms with van der Waals surface area (Å²) >= 11 is 0. The molecule has 0 unspecified atom stereocenters. The van der Waals surface area contributed by atoms with E-state index in [1.807, 2.05) is 0 Å². The second-order valence-corrected chi connectivity index (χ2v) is 4.85. The van der Waals surface area contributed by atoms with E-state index in [1.54, 1.807) is 42.1 Å². The molecule has 3 aromatic rings. The Morgan fingerprint density at radius 3 is 2.41 bits per heavy atom. The van der Waals surface area contributed by atoms with E-state index in [9.17, 15) is 8.78 Å². The Kier molecular flexibility index (Phi) is 3.43. The Morgan fingerprint density at radius 2 is 1.77 bits per heavy atom. The summed E-state index contributed by atoms with van der Waals surface area (Å²) in [5.41, 5.74) is 2.88. The molecule has 0 N–H and O–H groups in total. The van der Waals surface area contributed by atoms with Crippen LogP contribution < -0.4 is 0 Å². The summed E-state index contributed by atoms with van der Waals surface area (Å²) in [6, 6.07) is 14.2. The fraction of sp³-hybridized carbons (Fsp3) is 0.0588. The van der Waals surface area contributed by atoms with Crippen LogP contribution in [-0.4, -0.2) is 9.78 Å². The first-order chi connectivity index (χ1) is 10.6. The van der Waals surface area contributed by atoms with Gasteiger partial charge in [-0.25, -0.2) is 8.78 Å². The minimum Gasteiger partial charge on any atom is -0.267 e. The zero-order valence-electron chi connectivity index (χ0n) is 11.7. The maximum atomic E-state index is 13.9. The number of rotatable bonds is 2. The molecule has 0 bridgehead atoms. The quantitative estimate of drug-likeness (QED) is 0.719. The lowest BCUT2D eigenvalue weighted by molar-refractivity contribution is 0.584. The monoisotopic (exact) mass is 295 g/mol. The van der Waals surface area contributed by atoms with E-state index in [0.717, 1.165) is 11.6 Å². The molecule has 0 amide bonds. The molecule has 3 rings (SSSR count). The Labute approximate surface area is 126 Å². The predicted molar refractivity (Wildman–Crippen MR) is 78.7 cm³/mol. The van der Waals surface area contributed by atoms with Crippen LogP contribution in [0.15, 0.2) is 48.5 Å². The summed E-state index contributed by atoms with van der Waals surface area (Å²) in [7, 11) is 1.70. The second kappa shape index (κ2) is 5.41. The largest absolute Gasteiger partial charge is 0.267 e. The number of aryl methyl sites for hydroxylation is 1. The summed E-state index contributed by atoms with van der Waals surface area (Å²) in [6.07, 6.45) is 0. The van der Waals surface area contributed by atoms with Crippen LogP contribution in [0.1, 0.15) is 5.56 Å². The predicted octanol–water partition coefficient (Wildman–Crippen LogP) is 3.90. The minimum atomic E-state index is -0.630. The molecular weight excluding hydrogens is 284 g/mol. The van der Waals surface area contributed by atoms with Gasteiger partial charge in [-0.2, -0.15) is 10.4 Å². The number of nitrogens with zero attached hydrogens (tertiary/aromatic N) is 3. The molecule has 2 aromatic carbocycles. The van der Waals surface area contributed by atoms with Crippen LogP contribution >= 0.6 is 0 Å². The Bertz CT molecular complexity index is 874. The summed E-state index contributed by atoms with van der Waals surface area (Å²) in [6.45, 7) is 0. The summed E-state index contributed by atoms with van der Waals surface area (Å²) in [5, 5.41) is 13.2. The standard InChI is InChI=1S/C17H11F2N3/c1-22-17(14-7-6-13(18)8-15(14)19)9-16(21-22)12-4-2-11(10-20)3-5-12/h2-9H,1H3. The van der Waals surface area contributed by atoms with Crippen LogP contribution in [0.25, 0.3) is 22.5 Å². The van der Waals surface area contributed by atoms with Crippen molar-refractivity contribution in [2.45, 2.75) is 0 Å². The van der Waals surface area contributed by atoms with Crippen molar-refractivity contribution in [3.05, 3.63) is 65.7 Å². The number of aromatic nitrogens is 2. The van der Waals surface area contributed by atoms with Gasteiger partial charge in [-0.1, -0.05) is 12.1 Å². The van der Waals surface area contributed by atoms with Crippen molar-refractivity contribution < 1.29 is 8.78 Å². The van der Waals surface area contributed by atoms with Gasteiger partial charge < -0.3 is 0 Å².